The molecule has 0 saturated carbocycles. The monoisotopic (exact) mass is 366 g/mol. The first-order valence-electron chi connectivity index (χ1n) is 9.12. The third-order valence-electron chi connectivity index (χ3n) is 4.90. The van der Waals surface area contributed by atoms with E-state index in [1.165, 1.54) is 12.1 Å². The van der Waals surface area contributed by atoms with Crippen molar-refractivity contribution in [2.24, 2.45) is 0 Å². The van der Waals surface area contributed by atoms with Crippen LogP contribution in [-0.2, 0) is 11.2 Å². The van der Waals surface area contributed by atoms with E-state index >= 15 is 0 Å². The Balaban J connectivity index is 1.48. The molecule has 1 heterocycles. The van der Waals surface area contributed by atoms with Gasteiger partial charge in [0.25, 0.3) is 0 Å². The van der Waals surface area contributed by atoms with E-state index < -0.39 is 11.6 Å². The van der Waals surface area contributed by atoms with Gasteiger partial charge >= 0.3 is 0 Å². The molecule has 1 N–H and O–H groups in total. The van der Waals surface area contributed by atoms with Crippen molar-refractivity contribution in [3.8, 4) is 0 Å². The summed E-state index contributed by atoms with van der Waals surface area (Å²) in [5.74, 6) is -1.59. The predicted molar refractivity (Wildman–Crippen MR) is 104 cm³/mol. The van der Waals surface area contributed by atoms with Gasteiger partial charge in [-0.15, -0.1) is 0 Å². The van der Waals surface area contributed by atoms with Crippen LogP contribution in [-0.4, -0.2) is 19.0 Å². The Labute approximate surface area is 156 Å². The van der Waals surface area contributed by atoms with E-state index in [-0.39, 0.29) is 23.7 Å². The molecule has 3 nitrogen and oxygen atoms in total. The third-order valence-corrected chi connectivity index (χ3v) is 4.90. The number of halogens is 2. The van der Waals surface area contributed by atoms with E-state index in [9.17, 15) is 13.6 Å². The summed E-state index contributed by atoms with van der Waals surface area (Å²) in [6, 6.07) is 16.1. The summed E-state index contributed by atoms with van der Waals surface area (Å²) in [5, 5.41) is 4.75. The Morgan fingerprint density at radius 1 is 0.926 bits per heavy atom. The van der Waals surface area contributed by atoms with E-state index in [1.807, 2.05) is 42.5 Å². The average Bonchev–Trinajstić information content (AvgIpc) is 3.15. The lowest BCUT2D eigenvalue weighted by molar-refractivity contribution is -0.115. The van der Waals surface area contributed by atoms with Crippen LogP contribution >= 0.6 is 0 Å². The molecule has 0 aromatic heterocycles. The molecule has 0 atom stereocenters. The van der Waals surface area contributed by atoms with E-state index in [0.717, 1.165) is 29.2 Å². The Kier molecular flexibility index (Phi) is 4.75. The number of fused-ring (bicyclic) bond motifs is 1. The molecular formula is C22H20F2N2O. The highest BCUT2D eigenvalue weighted by Crippen LogP contribution is 2.29. The van der Waals surface area contributed by atoms with Crippen molar-refractivity contribution in [3.63, 3.8) is 0 Å². The van der Waals surface area contributed by atoms with Crippen molar-refractivity contribution in [2.45, 2.75) is 19.3 Å². The second kappa shape index (κ2) is 7.35. The molecule has 3 aromatic rings. The van der Waals surface area contributed by atoms with Crippen LogP contribution in [0.5, 0.6) is 0 Å². The largest absolute Gasteiger partial charge is 0.367 e. The predicted octanol–water partition coefficient (Wildman–Crippen LogP) is 4.90. The van der Waals surface area contributed by atoms with Crippen LogP contribution in [0.4, 0.5) is 20.2 Å². The van der Waals surface area contributed by atoms with Crippen LogP contribution in [0.15, 0.2) is 54.6 Å². The number of carbonyl (C=O) groups is 1. The zero-order chi connectivity index (χ0) is 18.8. The Hall–Kier alpha value is -2.95. The number of amides is 1. The lowest BCUT2D eigenvalue weighted by atomic mass is 10.0. The molecule has 27 heavy (non-hydrogen) atoms. The van der Waals surface area contributed by atoms with Crippen LogP contribution in [0.1, 0.15) is 18.4 Å². The normalized spacial score (nSPS) is 13.9. The molecule has 0 aliphatic carbocycles. The molecule has 1 fully saturated rings. The summed E-state index contributed by atoms with van der Waals surface area (Å²) in [6.45, 7) is 1.31. The van der Waals surface area contributed by atoms with Gasteiger partial charge in [0.1, 0.15) is 5.69 Å². The van der Waals surface area contributed by atoms with Crippen molar-refractivity contribution < 1.29 is 13.6 Å². The van der Waals surface area contributed by atoms with Crippen LogP contribution in [0.25, 0.3) is 10.8 Å². The lowest BCUT2D eigenvalue weighted by Gasteiger charge is -2.19. The molecule has 0 bridgehead atoms. The minimum atomic E-state index is -0.641. The van der Waals surface area contributed by atoms with Crippen molar-refractivity contribution in [1.29, 1.82) is 0 Å². The molecule has 0 spiro atoms. The number of nitrogens with zero attached hydrogens (tertiary/aromatic N) is 1. The van der Waals surface area contributed by atoms with Gasteiger partial charge in [0, 0.05) is 18.8 Å². The number of nitrogens with one attached hydrogen (secondary N) is 1. The van der Waals surface area contributed by atoms with Gasteiger partial charge in [-0.3, -0.25) is 4.79 Å². The quantitative estimate of drug-likeness (QED) is 0.712. The zero-order valence-corrected chi connectivity index (χ0v) is 14.8. The topological polar surface area (TPSA) is 32.3 Å². The minimum Gasteiger partial charge on any atom is -0.367 e. The Morgan fingerprint density at radius 2 is 1.59 bits per heavy atom. The van der Waals surface area contributed by atoms with Crippen LogP contribution in [0.3, 0.4) is 0 Å². The molecule has 0 radical (unpaired) electrons. The number of carbonyl (C=O) groups excluding carboxylic acids is 1. The highest BCUT2D eigenvalue weighted by molar-refractivity contribution is 5.93. The smallest absolute Gasteiger partial charge is 0.228 e. The average molecular weight is 366 g/mol. The van der Waals surface area contributed by atoms with Crippen LogP contribution in [0, 0.1) is 11.6 Å². The van der Waals surface area contributed by atoms with Crippen molar-refractivity contribution >= 4 is 28.1 Å². The van der Waals surface area contributed by atoms with Crippen LogP contribution in [0.2, 0.25) is 0 Å². The SMILES string of the molecule is O=C(Cc1ccc2ccccc2c1)Nc1cc(F)c(N2CCCC2)c(F)c1. The van der Waals surface area contributed by atoms with Gasteiger partial charge in [-0.1, -0.05) is 42.5 Å². The zero-order valence-electron chi connectivity index (χ0n) is 14.8. The van der Waals surface area contributed by atoms with E-state index in [0.29, 0.717) is 13.1 Å². The number of benzene rings is 3. The number of hydrogen-bond acceptors (Lipinski definition) is 2. The van der Waals surface area contributed by atoms with Crippen molar-refractivity contribution in [2.75, 3.05) is 23.3 Å². The number of anilines is 2. The molecular weight excluding hydrogens is 346 g/mol. The van der Waals surface area contributed by atoms with Gasteiger partial charge in [0.2, 0.25) is 5.91 Å². The number of rotatable bonds is 4. The molecule has 1 aliphatic rings. The fraction of sp³-hybridized carbons (Fsp3) is 0.227. The Bertz CT molecular complexity index is 974. The molecule has 1 aliphatic heterocycles. The highest BCUT2D eigenvalue weighted by Gasteiger charge is 2.21. The molecule has 0 unspecified atom stereocenters. The summed E-state index contributed by atoms with van der Waals surface area (Å²) in [7, 11) is 0. The van der Waals surface area contributed by atoms with Gasteiger partial charge in [-0.25, -0.2) is 8.78 Å². The van der Waals surface area contributed by atoms with E-state index in [2.05, 4.69) is 5.32 Å². The third kappa shape index (κ3) is 3.77. The fourth-order valence-corrected chi connectivity index (χ4v) is 3.62. The number of hydrogen-bond donors (Lipinski definition) is 1. The van der Waals surface area contributed by atoms with E-state index in [4.69, 9.17) is 0 Å². The molecule has 3 aromatic carbocycles. The van der Waals surface area contributed by atoms with Crippen molar-refractivity contribution in [3.05, 3.63) is 71.8 Å². The maximum atomic E-state index is 14.4. The molecule has 1 saturated heterocycles. The summed E-state index contributed by atoms with van der Waals surface area (Å²) in [4.78, 5) is 14.0. The summed E-state index contributed by atoms with van der Waals surface area (Å²) in [5.41, 5.74) is 0.986. The highest BCUT2D eigenvalue weighted by atomic mass is 19.1. The van der Waals surface area contributed by atoms with E-state index in [1.54, 1.807) is 4.90 Å². The van der Waals surface area contributed by atoms with Gasteiger partial charge in [-0.2, -0.15) is 0 Å². The maximum absolute atomic E-state index is 14.4. The minimum absolute atomic E-state index is 0.0000261. The molecule has 138 valence electrons. The first-order valence-corrected chi connectivity index (χ1v) is 9.12. The van der Waals surface area contributed by atoms with Gasteiger partial charge in [0.15, 0.2) is 11.6 Å². The second-order valence-electron chi connectivity index (χ2n) is 6.89. The fourth-order valence-electron chi connectivity index (χ4n) is 3.62. The molecule has 5 heteroatoms. The maximum Gasteiger partial charge on any atom is 0.228 e. The molecule has 1 amide bonds. The summed E-state index contributed by atoms with van der Waals surface area (Å²) in [6.07, 6.45) is 2.01. The van der Waals surface area contributed by atoms with Gasteiger partial charge < -0.3 is 10.2 Å². The van der Waals surface area contributed by atoms with Gasteiger partial charge in [-0.05, 0) is 41.3 Å². The second-order valence-corrected chi connectivity index (χ2v) is 6.89. The van der Waals surface area contributed by atoms with Crippen LogP contribution < -0.4 is 10.2 Å². The first kappa shape index (κ1) is 17.5. The standard InChI is InChI=1S/C22H20F2N2O/c23-19-13-18(14-20(24)22(19)26-9-3-4-10-26)25-21(27)12-15-7-8-16-5-1-2-6-17(16)11-15/h1-2,5-8,11,13-14H,3-4,9-10,12H2,(H,25,27). The molecule has 4 rings (SSSR count). The van der Waals surface area contributed by atoms with Gasteiger partial charge in [0.05, 0.1) is 6.42 Å². The Morgan fingerprint density at radius 3 is 2.30 bits per heavy atom. The summed E-state index contributed by atoms with van der Waals surface area (Å²) < 4.78 is 28.8. The first-order chi connectivity index (χ1) is 13.1. The summed E-state index contributed by atoms with van der Waals surface area (Å²) >= 11 is 0. The lowest BCUT2D eigenvalue weighted by Crippen LogP contribution is -2.21. The van der Waals surface area contributed by atoms with Crippen molar-refractivity contribution in [1.82, 2.24) is 0 Å².